The summed E-state index contributed by atoms with van der Waals surface area (Å²) in [5, 5.41) is 9.87. The predicted octanol–water partition coefficient (Wildman–Crippen LogP) is 6.77. The van der Waals surface area contributed by atoms with Crippen LogP contribution in [0.15, 0.2) is 52.3 Å². The van der Waals surface area contributed by atoms with Gasteiger partial charge in [-0.05, 0) is 48.7 Å². The maximum Gasteiger partial charge on any atom is 0.456 e. The number of carbonyl (C=O) groups excluding carboxylic acids is 1. The van der Waals surface area contributed by atoms with Crippen molar-refractivity contribution >= 4 is 70.6 Å². The Balaban J connectivity index is 1.36. The molecule has 0 unspecified atom stereocenters. The summed E-state index contributed by atoms with van der Waals surface area (Å²) in [6.07, 6.45) is 4.13. The molecule has 2 aliphatic rings. The quantitative estimate of drug-likeness (QED) is 0.271. The zero-order chi connectivity index (χ0) is 28.2. The van der Waals surface area contributed by atoms with Gasteiger partial charge in [0.05, 0.1) is 16.0 Å². The van der Waals surface area contributed by atoms with Gasteiger partial charge < -0.3 is 14.9 Å². The van der Waals surface area contributed by atoms with E-state index >= 15 is 0 Å². The van der Waals surface area contributed by atoms with Crippen molar-refractivity contribution in [3.8, 4) is 0 Å². The van der Waals surface area contributed by atoms with Crippen LogP contribution >= 0.6 is 46.9 Å². The van der Waals surface area contributed by atoms with Gasteiger partial charge in [-0.3, -0.25) is 9.59 Å². The Morgan fingerprint density at radius 3 is 2.31 bits per heavy atom. The number of hydrogen-bond acceptors (Lipinski definition) is 6. The molecule has 39 heavy (non-hydrogen) atoms. The van der Waals surface area contributed by atoms with Crippen LogP contribution in [-0.4, -0.2) is 71.0 Å². The van der Waals surface area contributed by atoms with E-state index in [1.165, 1.54) is 27.0 Å². The van der Waals surface area contributed by atoms with Crippen LogP contribution in [0.1, 0.15) is 18.4 Å². The third-order valence-corrected chi connectivity index (χ3v) is 9.41. The molecule has 2 aromatic rings. The maximum absolute atomic E-state index is 12.6. The van der Waals surface area contributed by atoms with E-state index in [2.05, 4.69) is 4.90 Å². The SMILES string of the molecule is O=C(O)C1CCN(c2cccc(Sc3ccc(/C=C/C(=O)N4CCN(SC(F)(F)F)CC4)c(Cl)c3Cl)c2)CC1. The second-order valence-corrected chi connectivity index (χ2v) is 12.1. The summed E-state index contributed by atoms with van der Waals surface area (Å²) >= 11 is 14.4. The second kappa shape index (κ2) is 13.1. The smallest absolute Gasteiger partial charge is 0.456 e. The largest absolute Gasteiger partial charge is 0.481 e. The first-order chi connectivity index (χ1) is 18.5. The van der Waals surface area contributed by atoms with Crippen molar-refractivity contribution in [1.29, 1.82) is 0 Å². The second-order valence-electron chi connectivity index (χ2n) is 9.10. The molecule has 1 N–H and O–H groups in total. The number of alkyl halides is 3. The molecule has 0 aliphatic carbocycles. The molecule has 2 heterocycles. The van der Waals surface area contributed by atoms with E-state index < -0.39 is 11.5 Å². The maximum atomic E-state index is 12.6. The number of hydrogen-bond donors (Lipinski definition) is 1. The van der Waals surface area contributed by atoms with Gasteiger partial charge >= 0.3 is 11.5 Å². The molecule has 0 bridgehead atoms. The van der Waals surface area contributed by atoms with Crippen molar-refractivity contribution in [1.82, 2.24) is 9.21 Å². The average Bonchev–Trinajstić information content (AvgIpc) is 2.90. The molecular formula is C26H26Cl2F3N3O3S2. The van der Waals surface area contributed by atoms with Gasteiger partial charge in [0.15, 0.2) is 0 Å². The lowest BCUT2D eigenvalue weighted by Crippen LogP contribution is -2.46. The summed E-state index contributed by atoms with van der Waals surface area (Å²) in [5.41, 5.74) is -2.77. The van der Waals surface area contributed by atoms with E-state index in [1.807, 2.05) is 30.3 Å². The van der Waals surface area contributed by atoms with Crippen LogP contribution in [0, 0.1) is 5.92 Å². The van der Waals surface area contributed by atoms with E-state index in [1.54, 1.807) is 12.1 Å². The van der Waals surface area contributed by atoms with Crippen LogP contribution in [-0.2, 0) is 9.59 Å². The van der Waals surface area contributed by atoms with Gasteiger partial charge in [-0.15, -0.1) is 0 Å². The Morgan fingerprint density at radius 2 is 1.67 bits per heavy atom. The Morgan fingerprint density at radius 1 is 0.974 bits per heavy atom. The van der Waals surface area contributed by atoms with Gasteiger partial charge in [-0.2, -0.15) is 13.2 Å². The third kappa shape index (κ3) is 8.23. The van der Waals surface area contributed by atoms with Gasteiger partial charge in [0.1, 0.15) is 0 Å². The Bertz CT molecular complexity index is 1230. The van der Waals surface area contributed by atoms with Crippen LogP contribution in [0.25, 0.3) is 6.08 Å². The number of benzene rings is 2. The van der Waals surface area contributed by atoms with E-state index in [0.29, 0.717) is 41.5 Å². The highest BCUT2D eigenvalue weighted by molar-refractivity contribution is 7.99. The average molecular weight is 621 g/mol. The number of carboxylic acid groups (broad SMARTS) is 1. The summed E-state index contributed by atoms with van der Waals surface area (Å²) < 4.78 is 38.8. The zero-order valence-electron chi connectivity index (χ0n) is 20.7. The highest BCUT2D eigenvalue weighted by Crippen LogP contribution is 2.40. The Labute approximate surface area is 243 Å². The minimum Gasteiger partial charge on any atom is -0.481 e. The predicted molar refractivity (Wildman–Crippen MR) is 150 cm³/mol. The molecule has 0 radical (unpaired) electrons. The van der Waals surface area contributed by atoms with Gasteiger partial charge in [-0.1, -0.05) is 47.1 Å². The fourth-order valence-corrected chi connectivity index (χ4v) is 6.54. The molecule has 0 saturated carbocycles. The topological polar surface area (TPSA) is 64.1 Å². The lowest BCUT2D eigenvalue weighted by atomic mass is 9.97. The minimum atomic E-state index is -4.34. The number of carbonyl (C=O) groups is 2. The van der Waals surface area contributed by atoms with E-state index in [0.717, 1.165) is 15.5 Å². The lowest BCUT2D eigenvalue weighted by Gasteiger charge is -2.33. The molecule has 2 saturated heterocycles. The van der Waals surface area contributed by atoms with Crippen molar-refractivity contribution in [2.45, 2.75) is 28.1 Å². The number of aliphatic carboxylic acids is 1. The molecule has 4 rings (SSSR count). The van der Waals surface area contributed by atoms with Crippen LogP contribution in [0.4, 0.5) is 18.9 Å². The minimum absolute atomic E-state index is 0.129. The highest BCUT2D eigenvalue weighted by atomic mass is 35.5. The van der Waals surface area contributed by atoms with Crippen molar-refractivity contribution < 1.29 is 27.9 Å². The van der Waals surface area contributed by atoms with Crippen LogP contribution in [0.2, 0.25) is 10.0 Å². The molecule has 0 atom stereocenters. The molecule has 1 amide bonds. The number of halogens is 5. The standard InChI is InChI=1S/C26H26Cl2F3N3O3S2/c27-23-17(5-7-22(35)33-12-14-34(15-13-33)39-26(29,30)31)4-6-21(24(23)28)38-20-3-1-2-19(16-20)32-10-8-18(9-11-32)25(36)37/h1-7,16,18H,8-15H2,(H,36,37)/b7-5+. The van der Waals surface area contributed by atoms with Crippen LogP contribution in [0.5, 0.6) is 0 Å². The molecule has 13 heteroatoms. The summed E-state index contributed by atoms with van der Waals surface area (Å²) in [7, 11) is 0. The van der Waals surface area contributed by atoms with Crippen molar-refractivity contribution in [3.05, 3.63) is 58.1 Å². The number of anilines is 1. The van der Waals surface area contributed by atoms with E-state index in [4.69, 9.17) is 23.2 Å². The number of carboxylic acids is 1. The first-order valence-corrected chi connectivity index (χ1v) is 14.6. The summed E-state index contributed by atoms with van der Waals surface area (Å²) in [5.74, 6) is -1.34. The Kier molecular flexibility index (Phi) is 10.0. The van der Waals surface area contributed by atoms with Gasteiger partial charge in [0.2, 0.25) is 5.91 Å². The summed E-state index contributed by atoms with van der Waals surface area (Å²) in [6, 6.07) is 11.5. The number of rotatable bonds is 7. The molecule has 210 valence electrons. The number of amides is 1. The lowest BCUT2D eigenvalue weighted by molar-refractivity contribution is -0.142. The fraction of sp³-hybridized carbons (Fsp3) is 0.385. The van der Waals surface area contributed by atoms with E-state index in [9.17, 15) is 27.9 Å². The monoisotopic (exact) mass is 619 g/mol. The molecule has 0 aromatic heterocycles. The van der Waals surface area contributed by atoms with Crippen molar-refractivity contribution in [2.75, 3.05) is 44.2 Å². The highest BCUT2D eigenvalue weighted by Gasteiger charge is 2.34. The molecule has 2 fully saturated rings. The molecular weight excluding hydrogens is 594 g/mol. The van der Waals surface area contributed by atoms with Gasteiger partial charge in [0.25, 0.3) is 0 Å². The summed E-state index contributed by atoms with van der Waals surface area (Å²) in [6.45, 7) is 2.02. The molecule has 2 aromatic carbocycles. The van der Waals surface area contributed by atoms with Gasteiger partial charge in [-0.25, -0.2) is 4.31 Å². The fourth-order valence-electron chi connectivity index (χ4n) is 4.42. The van der Waals surface area contributed by atoms with Crippen molar-refractivity contribution in [2.24, 2.45) is 5.92 Å². The normalized spacial score (nSPS) is 17.7. The number of piperidine rings is 1. The Hall–Kier alpha value is -2.05. The first kappa shape index (κ1) is 29.9. The molecule has 2 aliphatic heterocycles. The van der Waals surface area contributed by atoms with E-state index in [-0.39, 0.29) is 50.0 Å². The molecule has 0 spiro atoms. The van der Waals surface area contributed by atoms with Crippen molar-refractivity contribution in [3.63, 3.8) is 0 Å². The third-order valence-electron chi connectivity index (χ3n) is 6.52. The number of piperazine rings is 1. The first-order valence-electron chi connectivity index (χ1n) is 12.2. The van der Waals surface area contributed by atoms with Crippen LogP contribution in [0.3, 0.4) is 0 Å². The van der Waals surface area contributed by atoms with Crippen LogP contribution < -0.4 is 4.90 Å². The molecule has 6 nitrogen and oxygen atoms in total. The summed E-state index contributed by atoms with van der Waals surface area (Å²) in [4.78, 5) is 29.2. The number of nitrogens with zero attached hydrogens (tertiary/aromatic N) is 3. The van der Waals surface area contributed by atoms with Gasteiger partial charge in [0, 0.05) is 72.8 Å². The zero-order valence-corrected chi connectivity index (χ0v) is 23.8.